The Balaban J connectivity index is 1.79. The minimum absolute atomic E-state index is 0.0346. The molecule has 0 aliphatic carbocycles. The minimum Gasteiger partial charge on any atom is -0.326 e. The first-order valence-corrected chi connectivity index (χ1v) is 14.4. The molecule has 0 bridgehead atoms. The van der Waals surface area contributed by atoms with E-state index in [0.29, 0.717) is 28.1 Å². The third-order valence-corrected chi connectivity index (χ3v) is 7.54. The number of aromatic nitrogens is 1. The number of sulfone groups is 1. The first kappa shape index (κ1) is 30.3. The van der Waals surface area contributed by atoms with Crippen molar-refractivity contribution in [3.05, 3.63) is 112 Å². The molecule has 0 atom stereocenters. The summed E-state index contributed by atoms with van der Waals surface area (Å²) < 4.78 is 64.4. The summed E-state index contributed by atoms with van der Waals surface area (Å²) >= 11 is 0. The molecule has 2 amide bonds. The van der Waals surface area contributed by atoms with Crippen molar-refractivity contribution < 1.29 is 31.2 Å². The van der Waals surface area contributed by atoms with Gasteiger partial charge in [0.25, 0.3) is 11.5 Å². The van der Waals surface area contributed by atoms with Gasteiger partial charge in [-0.1, -0.05) is 30.3 Å². The largest absolute Gasteiger partial charge is 0.416 e. The number of hydrogen-bond acceptors (Lipinski definition) is 5. The van der Waals surface area contributed by atoms with Gasteiger partial charge in [0, 0.05) is 35.8 Å². The van der Waals surface area contributed by atoms with Gasteiger partial charge in [-0.2, -0.15) is 13.2 Å². The van der Waals surface area contributed by atoms with Gasteiger partial charge in [-0.05, 0) is 66.6 Å². The zero-order chi connectivity index (χ0) is 30.8. The number of nitrogens with zero attached hydrogens (tertiary/aromatic N) is 1. The van der Waals surface area contributed by atoms with E-state index in [1.807, 2.05) is 0 Å². The molecular formula is C30H26F3N3O5S. The van der Waals surface area contributed by atoms with Crippen LogP contribution < -0.4 is 15.8 Å². The summed E-state index contributed by atoms with van der Waals surface area (Å²) in [6.07, 6.45) is -3.64. The number of anilines is 2. The number of nitrogens with one attached hydrogen (secondary N) is 2. The van der Waals surface area contributed by atoms with Gasteiger partial charge >= 0.3 is 6.18 Å². The van der Waals surface area contributed by atoms with Crippen LogP contribution in [0.2, 0.25) is 0 Å². The van der Waals surface area contributed by atoms with Gasteiger partial charge in [-0.3, -0.25) is 14.4 Å². The van der Waals surface area contributed by atoms with Crippen LogP contribution in [0, 0.1) is 6.92 Å². The Labute approximate surface area is 239 Å². The maximum Gasteiger partial charge on any atom is 0.416 e. The Hall–Kier alpha value is -4.71. The van der Waals surface area contributed by atoms with Crippen LogP contribution in [0.15, 0.2) is 88.6 Å². The minimum atomic E-state index is -4.68. The number of H-pyrrole nitrogens is 1. The van der Waals surface area contributed by atoms with Gasteiger partial charge in [0.1, 0.15) is 5.56 Å². The van der Waals surface area contributed by atoms with Gasteiger partial charge in [0.2, 0.25) is 5.91 Å². The molecule has 0 saturated carbocycles. The van der Waals surface area contributed by atoms with Crippen LogP contribution in [-0.4, -0.2) is 31.5 Å². The number of aryl methyl sites for hydroxylation is 1. The van der Waals surface area contributed by atoms with Gasteiger partial charge in [-0.25, -0.2) is 8.42 Å². The quantitative estimate of drug-likeness (QED) is 0.289. The SMILES string of the molecule is CC(=O)Nc1ccc(-c2cc(C(=O)N(Cc3ccc(S(C)(=O)=O)cc3)c3cccc(C(F)(F)F)c3)c(=O)[nH]c2C)cc1. The van der Waals surface area contributed by atoms with Gasteiger partial charge in [0.15, 0.2) is 9.84 Å². The number of rotatable bonds is 7. The topological polar surface area (TPSA) is 116 Å². The van der Waals surface area contributed by atoms with E-state index in [2.05, 4.69) is 10.3 Å². The highest BCUT2D eigenvalue weighted by molar-refractivity contribution is 7.90. The number of pyridine rings is 1. The molecule has 12 heteroatoms. The fourth-order valence-electron chi connectivity index (χ4n) is 4.32. The van der Waals surface area contributed by atoms with Gasteiger partial charge in [0.05, 0.1) is 17.0 Å². The summed E-state index contributed by atoms with van der Waals surface area (Å²) in [4.78, 5) is 42.0. The number of hydrogen-bond donors (Lipinski definition) is 2. The highest BCUT2D eigenvalue weighted by atomic mass is 32.2. The molecule has 0 spiro atoms. The maximum atomic E-state index is 13.9. The maximum absolute atomic E-state index is 13.9. The van der Waals surface area contributed by atoms with E-state index in [-0.39, 0.29) is 28.6 Å². The lowest BCUT2D eigenvalue weighted by molar-refractivity contribution is -0.137. The zero-order valence-corrected chi connectivity index (χ0v) is 23.6. The molecule has 218 valence electrons. The van der Waals surface area contributed by atoms with E-state index in [0.717, 1.165) is 29.4 Å². The van der Waals surface area contributed by atoms with Crippen molar-refractivity contribution in [2.75, 3.05) is 16.5 Å². The summed E-state index contributed by atoms with van der Waals surface area (Å²) in [5, 5.41) is 2.65. The first-order valence-electron chi connectivity index (χ1n) is 12.5. The molecule has 2 N–H and O–H groups in total. The number of alkyl halides is 3. The molecule has 4 aromatic rings. The van der Waals surface area contributed by atoms with Crippen LogP contribution in [-0.2, 0) is 27.4 Å². The highest BCUT2D eigenvalue weighted by Gasteiger charge is 2.32. The van der Waals surface area contributed by atoms with E-state index in [1.165, 1.54) is 43.3 Å². The van der Waals surface area contributed by atoms with Crippen LogP contribution in [0.25, 0.3) is 11.1 Å². The van der Waals surface area contributed by atoms with Crippen molar-refractivity contribution in [2.45, 2.75) is 31.5 Å². The van der Waals surface area contributed by atoms with Gasteiger partial charge < -0.3 is 15.2 Å². The molecule has 0 unspecified atom stereocenters. The fraction of sp³-hybridized carbons (Fsp3) is 0.167. The molecule has 1 aromatic heterocycles. The van der Waals surface area contributed by atoms with Crippen molar-refractivity contribution in [1.82, 2.24) is 4.98 Å². The Morgan fingerprint density at radius 1 is 0.952 bits per heavy atom. The van der Waals surface area contributed by atoms with Crippen LogP contribution >= 0.6 is 0 Å². The number of carbonyl (C=O) groups is 2. The van der Waals surface area contributed by atoms with Crippen LogP contribution in [0.5, 0.6) is 0 Å². The molecule has 0 aliphatic rings. The number of halogens is 3. The molecule has 0 fully saturated rings. The second-order valence-corrected chi connectivity index (χ2v) is 11.7. The van der Waals surface area contributed by atoms with E-state index >= 15 is 0 Å². The normalized spacial score (nSPS) is 11.7. The highest BCUT2D eigenvalue weighted by Crippen LogP contribution is 2.33. The molecule has 1 heterocycles. The third kappa shape index (κ3) is 6.95. The zero-order valence-electron chi connectivity index (χ0n) is 22.7. The smallest absolute Gasteiger partial charge is 0.326 e. The molecule has 0 saturated heterocycles. The summed E-state index contributed by atoms with van der Waals surface area (Å²) in [6.45, 7) is 2.76. The molecular weight excluding hydrogens is 571 g/mol. The number of aromatic amines is 1. The lowest BCUT2D eigenvalue weighted by Crippen LogP contribution is -2.35. The second kappa shape index (κ2) is 11.6. The average molecular weight is 598 g/mol. The second-order valence-electron chi connectivity index (χ2n) is 9.66. The van der Waals surface area contributed by atoms with E-state index in [4.69, 9.17) is 0 Å². The predicted molar refractivity (Wildman–Crippen MR) is 153 cm³/mol. The summed E-state index contributed by atoms with van der Waals surface area (Å²) in [5.41, 5.74) is 0.389. The summed E-state index contributed by atoms with van der Waals surface area (Å²) in [6, 6.07) is 17.8. The Bertz CT molecular complexity index is 1820. The van der Waals surface area contributed by atoms with Crippen molar-refractivity contribution in [3.8, 4) is 11.1 Å². The molecule has 0 radical (unpaired) electrons. The predicted octanol–water partition coefficient (Wildman–Crippen LogP) is 5.58. The van der Waals surface area contributed by atoms with Crippen molar-refractivity contribution in [2.24, 2.45) is 0 Å². The van der Waals surface area contributed by atoms with Crippen molar-refractivity contribution in [3.63, 3.8) is 0 Å². The van der Waals surface area contributed by atoms with Crippen LogP contribution in [0.4, 0.5) is 24.5 Å². The fourth-order valence-corrected chi connectivity index (χ4v) is 4.95. The number of carbonyl (C=O) groups excluding carboxylic acids is 2. The molecule has 8 nitrogen and oxygen atoms in total. The van der Waals surface area contributed by atoms with Crippen LogP contribution in [0.3, 0.4) is 0 Å². The molecule has 0 aliphatic heterocycles. The standard InChI is InChI=1S/C30H26F3N3O5S/c1-18-26(21-9-11-23(12-10-21)35-19(2)37)16-27(28(38)34-18)29(39)36(24-6-4-5-22(15-24)30(31,32)33)17-20-7-13-25(14-8-20)42(3,40)41/h4-16H,17H2,1-3H3,(H,34,38)(H,35,37). The van der Waals surface area contributed by atoms with Crippen molar-refractivity contribution in [1.29, 1.82) is 0 Å². The molecule has 42 heavy (non-hydrogen) atoms. The van der Waals surface area contributed by atoms with Crippen LogP contribution in [0.1, 0.15) is 34.1 Å². The Kier molecular flexibility index (Phi) is 8.39. The van der Waals surface area contributed by atoms with E-state index in [1.54, 1.807) is 31.2 Å². The Morgan fingerprint density at radius 3 is 2.17 bits per heavy atom. The Morgan fingerprint density at radius 2 is 1.60 bits per heavy atom. The number of benzene rings is 3. The van der Waals surface area contributed by atoms with Gasteiger partial charge in [-0.15, -0.1) is 0 Å². The third-order valence-electron chi connectivity index (χ3n) is 6.41. The number of amides is 2. The first-order chi connectivity index (χ1) is 19.6. The summed E-state index contributed by atoms with van der Waals surface area (Å²) in [7, 11) is -3.50. The summed E-state index contributed by atoms with van der Waals surface area (Å²) in [5.74, 6) is -1.12. The molecule has 3 aromatic carbocycles. The van der Waals surface area contributed by atoms with E-state index in [9.17, 15) is 36.0 Å². The van der Waals surface area contributed by atoms with Crippen molar-refractivity contribution >= 4 is 33.0 Å². The lowest BCUT2D eigenvalue weighted by Gasteiger charge is -2.24. The molecule has 4 rings (SSSR count). The lowest BCUT2D eigenvalue weighted by atomic mass is 10.0. The monoisotopic (exact) mass is 597 g/mol. The van der Waals surface area contributed by atoms with E-state index < -0.39 is 33.0 Å². The average Bonchev–Trinajstić information content (AvgIpc) is 2.91.